The molecule has 0 spiro atoms. The van der Waals surface area contributed by atoms with Crippen LogP contribution in [0.1, 0.15) is 10.4 Å². The number of nitrogens with one attached hydrogen (secondary N) is 1. The van der Waals surface area contributed by atoms with Gasteiger partial charge in [0.05, 0.1) is 5.69 Å². The molecule has 0 aliphatic heterocycles. The number of nitrogens with zero attached hydrogens (tertiary/aromatic N) is 2. The van der Waals surface area contributed by atoms with Crippen molar-refractivity contribution in [2.24, 2.45) is 0 Å². The predicted octanol–water partition coefficient (Wildman–Crippen LogP) is 3.26. The lowest BCUT2D eigenvalue weighted by molar-refractivity contribution is 0.102. The summed E-state index contributed by atoms with van der Waals surface area (Å²) >= 11 is 0. The number of rotatable bonds is 3. The van der Waals surface area contributed by atoms with E-state index >= 15 is 0 Å². The van der Waals surface area contributed by atoms with Gasteiger partial charge >= 0.3 is 0 Å². The molecule has 1 amide bonds. The third-order valence-electron chi connectivity index (χ3n) is 2.96. The molecule has 0 fully saturated rings. The number of aromatic nitrogens is 2. The molecular weight excluding hydrogens is 269 g/mol. The van der Waals surface area contributed by atoms with Crippen LogP contribution in [0, 0.1) is 5.82 Å². The van der Waals surface area contributed by atoms with E-state index in [2.05, 4.69) is 10.4 Å². The van der Waals surface area contributed by atoms with Crippen LogP contribution in [0.2, 0.25) is 0 Å². The van der Waals surface area contributed by atoms with E-state index in [0.717, 1.165) is 5.69 Å². The average Bonchev–Trinajstić information content (AvgIpc) is 3.02. The maximum Gasteiger partial charge on any atom is 0.255 e. The molecule has 0 radical (unpaired) electrons. The topological polar surface area (TPSA) is 46.9 Å². The highest BCUT2D eigenvalue weighted by Crippen LogP contribution is 2.13. The van der Waals surface area contributed by atoms with Crippen molar-refractivity contribution in [2.75, 3.05) is 5.32 Å². The monoisotopic (exact) mass is 281 g/mol. The smallest absolute Gasteiger partial charge is 0.255 e. The van der Waals surface area contributed by atoms with Crippen molar-refractivity contribution in [3.05, 3.63) is 78.4 Å². The minimum absolute atomic E-state index is 0.297. The number of hydrogen-bond acceptors (Lipinski definition) is 2. The highest BCUT2D eigenvalue weighted by molar-refractivity contribution is 6.04. The van der Waals surface area contributed by atoms with E-state index in [-0.39, 0.29) is 5.91 Å². The number of hydrogen-bond donors (Lipinski definition) is 1. The summed E-state index contributed by atoms with van der Waals surface area (Å²) in [5.74, 6) is -0.687. The van der Waals surface area contributed by atoms with Gasteiger partial charge in [-0.2, -0.15) is 5.10 Å². The first-order valence-corrected chi connectivity index (χ1v) is 6.39. The first-order valence-electron chi connectivity index (χ1n) is 6.39. The zero-order valence-corrected chi connectivity index (χ0v) is 11.0. The van der Waals surface area contributed by atoms with Gasteiger partial charge in [0.15, 0.2) is 0 Å². The predicted molar refractivity (Wildman–Crippen MR) is 77.9 cm³/mol. The molecule has 1 N–H and O–H groups in total. The number of anilines is 1. The van der Waals surface area contributed by atoms with Crippen LogP contribution < -0.4 is 5.32 Å². The lowest BCUT2D eigenvalue weighted by Gasteiger charge is -2.07. The Morgan fingerprint density at radius 1 is 1.10 bits per heavy atom. The van der Waals surface area contributed by atoms with Crippen molar-refractivity contribution in [3.63, 3.8) is 0 Å². The van der Waals surface area contributed by atoms with E-state index < -0.39 is 5.82 Å². The van der Waals surface area contributed by atoms with Crippen LogP contribution in [0.3, 0.4) is 0 Å². The Balaban J connectivity index is 1.83. The zero-order valence-electron chi connectivity index (χ0n) is 11.0. The van der Waals surface area contributed by atoms with Gasteiger partial charge in [0.2, 0.25) is 0 Å². The third-order valence-corrected chi connectivity index (χ3v) is 2.96. The lowest BCUT2D eigenvalue weighted by Crippen LogP contribution is -2.12. The number of amides is 1. The molecule has 4 nitrogen and oxygen atoms in total. The fraction of sp³-hybridized carbons (Fsp3) is 0. The summed E-state index contributed by atoms with van der Waals surface area (Å²) in [6.45, 7) is 0. The molecule has 0 aliphatic rings. The summed E-state index contributed by atoms with van der Waals surface area (Å²) in [5, 5.41) is 6.78. The summed E-state index contributed by atoms with van der Waals surface area (Å²) in [4.78, 5) is 12.2. The summed E-state index contributed by atoms with van der Waals surface area (Å²) in [5.41, 5.74) is 1.68. The Morgan fingerprint density at radius 2 is 1.95 bits per heavy atom. The van der Waals surface area contributed by atoms with Crippen LogP contribution in [-0.4, -0.2) is 15.7 Å². The first-order chi connectivity index (χ1) is 10.2. The molecule has 0 aliphatic carbocycles. The maximum atomic E-state index is 13.1. The second kappa shape index (κ2) is 5.58. The molecule has 0 atom stereocenters. The largest absolute Gasteiger partial charge is 0.322 e. The Hall–Kier alpha value is -2.95. The fourth-order valence-electron chi connectivity index (χ4n) is 1.98. The van der Waals surface area contributed by atoms with Crippen LogP contribution >= 0.6 is 0 Å². The highest BCUT2D eigenvalue weighted by atomic mass is 19.1. The molecule has 21 heavy (non-hydrogen) atoms. The van der Waals surface area contributed by atoms with Gasteiger partial charge in [-0.15, -0.1) is 0 Å². The van der Waals surface area contributed by atoms with Crippen LogP contribution in [-0.2, 0) is 0 Å². The molecule has 104 valence electrons. The van der Waals surface area contributed by atoms with Crippen LogP contribution in [0.5, 0.6) is 0 Å². The minimum Gasteiger partial charge on any atom is -0.322 e. The van der Waals surface area contributed by atoms with E-state index in [1.54, 1.807) is 53.5 Å². The molecule has 1 heterocycles. The molecule has 0 saturated carbocycles. The normalized spacial score (nSPS) is 10.3. The van der Waals surface area contributed by atoms with Gasteiger partial charge in [-0.05, 0) is 42.5 Å². The second-order valence-electron chi connectivity index (χ2n) is 4.47. The highest BCUT2D eigenvalue weighted by Gasteiger charge is 2.08. The van der Waals surface area contributed by atoms with E-state index in [9.17, 15) is 9.18 Å². The number of carbonyl (C=O) groups is 1. The first kappa shape index (κ1) is 13.1. The molecular formula is C16H12FN3O. The Morgan fingerprint density at radius 3 is 2.71 bits per heavy atom. The van der Waals surface area contributed by atoms with Gasteiger partial charge in [-0.1, -0.05) is 12.1 Å². The van der Waals surface area contributed by atoms with Gasteiger partial charge in [0.25, 0.3) is 5.91 Å². The molecule has 3 aromatic rings. The van der Waals surface area contributed by atoms with Gasteiger partial charge in [0.1, 0.15) is 5.82 Å². The van der Waals surface area contributed by atoms with Gasteiger partial charge < -0.3 is 5.32 Å². The van der Waals surface area contributed by atoms with Gasteiger partial charge in [0, 0.05) is 23.6 Å². The Labute approximate surface area is 120 Å². The van der Waals surface area contributed by atoms with Crippen molar-refractivity contribution in [3.8, 4) is 5.69 Å². The standard InChI is InChI=1S/C16H12FN3O/c17-13-5-2-6-14(11-13)19-16(21)12-4-1-7-15(10-12)20-9-3-8-18-20/h1-11H,(H,19,21). The van der Waals surface area contributed by atoms with Gasteiger partial charge in [-0.25, -0.2) is 9.07 Å². The van der Waals surface area contributed by atoms with E-state index in [4.69, 9.17) is 0 Å². The van der Waals surface area contributed by atoms with Gasteiger partial charge in [-0.3, -0.25) is 4.79 Å². The lowest BCUT2D eigenvalue weighted by atomic mass is 10.2. The number of halogens is 1. The van der Waals surface area contributed by atoms with E-state index in [0.29, 0.717) is 11.3 Å². The Kier molecular flexibility index (Phi) is 3.47. The minimum atomic E-state index is -0.391. The SMILES string of the molecule is O=C(Nc1cccc(F)c1)c1cccc(-n2cccn2)c1. The fourth-order valence-corrected chi connectivity index (χ4v) is 1.98. The van der Waals surface area contributed by atoms with Crippen molar-refractivity contribution >= 4 is 11.6 Å². The van der Waals surface area contributed by atoms with Crippen molar-refractivity contribution < 1.29 is 9.18 Å². The molecule has 0 saturated heterocycles. The van der Waals surface area contributed by atoms with E-state index in [1.165, 1.54) is 12.1 Å². The molecule has 1 aromatic heterocycles. The van der Waals surface area contributed by atoms with E-state index in [1.807, 2.05) is 6.07 Å². The molecule has 2 aromatic carbocycles. The Bertz CT molecular complexity index is 769. The van der Waals surface area contributed by atoms with Crippen molar-refractivity contribution in [2.45, 2.75) is 0 Å². The molecule has 3 rings (SSSR count). The molecule has 5 heteroatoms. The van der Waals surface area contributed by atoms with Crippen LogP contribution in [0.4, 0.5) is 10.1 Å². The summed E-state index contributed by atoms with van der Waals surface area (Å²) < 4.78 is 14.8. The molecule has 0 unspecified atom stereocenters. The van der Waals surface area contributed by atoms with Crippen molar-refractivity contribution in [1.29, 1.82) is 0 Å². The van der Waals surface area contributed by atoms with Crippen LogP contribution in [0.25, 0.3) is 5.69 Å². The summed E-state index contributed by atoms with van der Waals surface area (Å²) in [7, 11) is 0. The second-order valence-corrected chi connectivity index (χ2v) is 4.47. The third kappa shape index (κ3) is 2.97. The summed E-state index contributed by atoms with van der Waals surface area (Å²) in [6, 6.07) is 14.6. The average molecular weight is 281 g/mol. The van der Waals surface area contributed by atoms with Crippen molar-refractivity contribution in [1.82, 2.24) is 9.78 Å². The molecule has 0 bridgehead atoms. The van der Waals surface area contributed by atoms with Crippen LogP contribution in [0.15, 0.2) is 67.0 Å². The number of benzene rings is 2. The quantitative estimate of drug-likeness (QED) is 0.801. The maximum absolute atomic E-state index is 13.1. The zero-order chi connectivity index (χ0) is 14.7. The number of carbonyl (C=O) groups excluding carboxylic acids is 1. The summed E-state index contributed by atoms with van der Waals surface area (Å²) in [6.07, 6.45) is 3.46.